The molecule has 1 aliphatic heterocycles. The van der Waals surface area contributed by atoms with Crippen molar-refractivity contribution in [2.45, 2.75) is 58.7 Å². The Kier molecular flexibility index (Phi) is 5.75. The number of halogens is 1. The third-order valence-corrected chi connectivity index (χ3v) is 7.76. The first-order chi connectivity index (χ1) is 16.1. The van der Waals surface area contributed by atoms with E-state index in [0.29, 0.717) is 12.6 Å². The van der Waals surface area contributed by atoms with Crippen molar-refractivity contribution in [1.29, 1.82) is 0 Å². The van der Waals surface area contributed by atoms with Gasteiger partial charge in [0.1, 0.15) is 11.3 Å². The van der Waals surface area contributed by atoms with Gasteiger partial charge in [0.05, 0.1) is 34.9 Å². The lowest BCUT2D eigenvalue weighted by atomic mass is 9.61. The van der Waals surface area contributed by atoms with Crippen LogP contribution in [0.4, 0.5) is 4.79 Å². The van der Waals surface area contributed by atoms with Crippen LogP contribution in [0.25, 0.3) is 22.2 Å². The van der Waals surface area contributed by atoms with E-state index in [1.807, 2.05) is 36.4 Å². The summed E-state index contributed by atoms with van der Waals surface area (Å²) >= 11 is 3.79. The zero-order valence-corrected chi connectivity index (χ0v) is 22.1. The van der Waals surface area contributed by atoms with Crippen LogP contribution < -0.4 is 0 Å². The molecule has 2 aromatic heterocycles. The maximum Gasteiger partial charge on any atom is 0.410 e. The molecule has 9 heteroatoms. The van der Waals surface area contributed by atoms with E-state index in [4.69, 9.17) is 14.6 Å². The Morgan fingerprint density at radius 3 is 2.65 bits per heavy atom. The average Bonchev–Trinajstić information content (AvgIpc) is 3.24. The average molecular weight is 530 g/mol. The molecule has 1 saturated heterocycles. The number of hydrogen-bond acceptors (Lipinski definition) is 5. The van der Waals surface area contributed by atoms with Crippen LogP contribution in [0.1, 0.15) is 45.3 Å². The molecule has 0 bridgehead atoms. The van der Waals surface area contributed by atoms with Gasteiger partial charge in [-0.25, -0.2) is 4.79 Å². The van der Waals surface area contributed by atoms with Crippen LogP contribution in [0, 0.1) is 12.3 Å². The molecule has 3 aromatic rings. The topological polar surface area (TPSA) is 74.4 Å². The maximum absolute atomic E-state index is 12.3. The fourth-order valence-electron chi connectivity index (χ4n) is 5.15. The number of ether oxygens (including phenoxy) is 2. The molecule has 0 N–H and O–H groups in total. The summed E-state index contributed by atoms with van der Waals surface area (Å²) in [5.74, 6) is 0. The first-order valence-electron chi connectivity index (χ1n) is 11.8. The van der Waals surface area contributed by atoms with Gasteiger partial charge in [0, 0.05) is 42.8 Å². The highest BCUT2D eigenvalue weighted by atomic mass is 79.9. The van der Waals surface area contributed by atoms with Gasteiger partial charge in [0.15, 0.2) is 0 Å². The van der Waals surface area contributed by atoms with Gasteiger partial charge in [0.25, 0.3) is 0 Å². The van der Waals surface area contributed by atoms with Crippen molar-refractivity contribution in [2.24, 2.45) is 5.41 Å². The van der Waals surface area contributed by atoms with Crippen LogP contribution in [0.2, 0.25) is 0 Å². The van der Waals surface area contributed by atoms with Crippen LogP contribution in [0.15, 0.2) is 28.9 Å². The van der Waals surface area contributed by atoms with Crippen molar-refractivity contribution in [3.63, 3.8) is 0 Å². The number of carbonyl (C=O) groups is 1. The number of aromatic nitrogens is 4. The standard InChI is InChI=1S/C25H32BrN5O3/c1-16-21(26)22(17-6-7-20-18(10-17)13-30(27-20)8-9-33-5)28-31(16)19-11-25(12-19)14-29(15-25)23(32)34-24(2,3)4/h6-7,10,13,19H,8-9,11-12,14-15H2,1-5H3. The predicted octanol–water partition coefficient (Wildman–Crippen LogP) is 5.19. The third-order valence-electron chi connectivity index (χ3n) is 6.81. The predicted molar refractivity (Wildman–Crippen MR) is 134 cm³/mol. The van der Waals surface area contributed by atoms with Crippen LogP contribution >= 0.6 is 15.9 Å². The molecule has 2 fully saturated rings. The Hall–Kier alpha value is -2.39. The molecule has 34 heavy (non-hydrogen) atoms. The Morgan fingerprint density at radius 1 is 1.24 bits per heavy atom. The lowest BCUT2D eigenvalue weighted by Gasteiger charge is -2.58. The Balaban J connectivity index is 1.28. The van der Waals surface area contributed by atoms with Crippen molar-refractivity contribution < 1.29 is 14.3 Å². The second-order valence-electron chi connectivity index (χ2n) is 10.7. The molecule has 1 saturated carbocycles. The summed E-state index contributed by atoms with van der Waals surface area (Å²) < 4.78 is 15.8. The van der Waals surface area contributed by atoms with Gasteiger partial charge < -0.3 is 14.4 Å². The molecule has 1 spiro atoms. The van der Waals surface area contributed by atoms with Gasteiger partial charge in [-0.3, -0.25) is 9.36 Å². The molecule has 3 heterocycles. The number of nitrogens with zero attached hydrogens (tertiary/aromatic N) is 5. The Morgan fingerprint density at radius 2 is 1.97 bits per heavy atom. The fourth-order valence-corrected chi connectivity index (χ4v) is 5.64. The molecular weight excluding hydrogens is 498 g/mol. The smallest absolute Gasteiger partial charge is 0.410 e. The quantitative estimate of drug-likeness (QED) is 0.454. The van der Waals surface area contributed by atoms with Gasteiger partial charge in [-0.2, -0.15) is 10.2 Å². The zero-order chi connectivity index (χ0) is 24.3. The highest BCUT2D eigenvalue weighted by Gasteiger charge is 2.55. The van der Waals surface area contributed by atoms with Crippen molar-refractivity contribution in [3.8, 4) is 11.3 Å². The van der Waals surface area contributed by atoms with E-state index in [1.54, 1.807) is 7.11 Å². The van der Waals surface area contributed by atoms with Crippen LogP contribution in [0.3, 0.4) is 0 Å². The number of amides is 1. The summed E-state index contributed by atoms with van der Waals surface area (Å²) in [7, 11) is 1.70. The molecule has 0 unspecified atom stereocenters. The molecule has 1 amide bonds. The van der Waals surface area contributed by atoms with Crippen molar-refractivity contribution in [1.82, 2.24) is 24.5 Å². The van der Waals surface area contributed by atoms with Gasteiger partial charge >= 0.3 is 6.09 Å². The van der Waals surface area contributed by atoms with E-state index < -0.39 is 5.60 Å². The SMILES string of the molecule is COCCn1cc2cc(-c3nn(C4CC5(C4)CN(C(=O)OC(C)(C)C)C5)c(C)c3Br)ccc2n1. The van der Waals surface area contributed by atoms with E-state index in [9.17, 15) is 4.79 Å². The van der Waals surface area contributed by atoms with Crippen LogP contribution in [0.5, 0.6) is 0 Å². The number of rotatable bonds is 5. The summed E-state index contributed by atoms with van der Waals surface area (Å²) in [6, 6.07) is 6.63. The number of carbonyl (C=O) groups excluding carboxylic acids is 1. The minimum Gasteiger partial charge on any atom is -0.444 e. The number of hydrogen-bond donors (Lipinski definition) is 0. The minimum absolute atomic E-state index is 0.206. The van der Waals surface area contributed by atoms with E-state index >= 15 is 0 Å². The second kappa shape index (κ2) is 8.37. The normalized spacial score (nSPS) is 17.8. The van der Waals surface area contributed by atoms with Crippen LogP contribution in [-0.2, 0) is 16.0 Å². The first kappa shape index (κ1) is 23.4. The van der Waals surface area contributed by atoms with E-state index in [-0.39, 0.29) is 11.5 Å². The maximum atomic E-state index is 12.3. The first-order valence-corrected chi connectivity index (χ1v) is 12.6. The van der Waals surface area contributed by atoms with Crippen molar-refractivity contribution in [3.05, 3.63) is 34.6 Å². The Labute approximate surface area is 208 Å². The molecule has 0 atom stereocenters. The fraction of sp³-hybridized carbons (Fsp3) is 0.560. The largest absolute Gasteiger partial charge is 0.444 e. The summed E-state index contributed by atoms with van der Waals surface area (Å²) in [4.78, 5) is 14.1. The summed E-state index contributed by atoms with van der Waals surface area (Å²) in [5.41, 5.74) is 3.88. The molecule has 5 rings (SSSR count). The zero-order valence-electron chi connectivity index (χ0n) is 20.5. The van der Waals surface area contributed by atoms with Gasteiger partial charge in [-0.15, -0.1) is 0 Å². The molecule has 8 nitrogen and oxygen atoms in total. The van der Waals surface area contributed by atoms with E-state index in [2.05, 4.69) is 51.0 Å². The lowest BCUT2D eigenvalue weighted by molar-refractivity contribution is -0.0930. The van der Waals surface area contributed by atoms with Crippen molar-refractivity contribution in [2.75, 3.05) is 26.8 Å². The number of benzene rings is 1. The van der Waals surface area contributed by atoms with Gasteiger partial charge in [-0.05, 0) is 68.6 Å². The molecule has 182 valence electrons. The molecule has 1 aromatic carbocycles. The molecule has 1 aliphatic carbocycles. The van der Waals surface area contributed by atoms with Gasteiger partial charge in [0.2, 0.25) is 0 Å². The summed E-state index contributed by atoms with van der Waals surface area (Å²) in [6.07, 6.45) is 3.92. The van der Waals surface area contributed by atoms with Gasteiger partial charge in [-0.1, -0.05) is 6.07 Å². The Bertz CT molecular complexity index is 1230. The second-order valence-corrected chi connectivity index (χ2v) is 11.5. The lowest BCUT2D eigenvalue weighted by Crippen LogP contribution is -2.64. The minimum atomic E-state index is -0.456. The van der Waals surface area contributed by atoms with Crippen molar-refractivity contribution >= 4 is 32.9 Å². The third kappa shape index (κ3) is 4.24. The highest BCUT2D eigenvalue weighted by molar-refractivity contribution is 9.10. The molecular formula is C25H32BrN5O3. The monoisotopic (exact) mass is 529 g/mol. The summed E-state index contributed by atoms with van der Waals surface area (Å²) in [5, 5.41) is 10.7. The highest BCUT2D eigenvalue weighted by Crippen LogP contribution is 2.55. The van der Waals surface area contributed by atoms with E-state index in [1.165, 1.54) is 0 Å². The van der Waals surface area contributed by atoms with Crippen LogP contribution in [-0.4, -0.2) is 63.0 Å². The van der Waals surface area contributed by atoms with E-state index in [0.717, 1.165) is 64.8 Å². The molecule has 0 radical (unpaired) electrons. The molecule has 2 aliphatic rings. The summed E-state index contributed by atoms with van der Waals surface area (Å²) in [6.45, 7) is 10.7. The number of methoxy groups -OCH3 is 1. The number of likely N-dealkylation sites (tertiary alicyclic amines) is 1. The number of fused-ring (bicyclic) bond motifs is 1.